The molecule has 1 aliphatic heterocycles. The van der Waals surface area contributed by atoms with E-state index in [1.165, 1.54) is 0 Å². The average molecular weight is 223 g/mol. The lowest BCUT2D eigenvalue weighted by molar-refractivity contribution is -0.138. The summed E-state index contributed by atoms with van der Waals surface area (Å²) in [6, 6.07) is 2.18. The summed E-state index contributed by atoms with van der Waals surface area (Å²) in [5, 5.41) is 13.3. The number of carboxylic acids is 1. The molecule has 0 spiro atoms. The molecule has 1 aliphatic rings. The van der Waals surface area contributed by atoms with Crippen LogP contribution in [-0.4, -0.2) is 38.8 Å². The Labute approximate surface area is 94.7 Å². The van der Waals surface area contributed by atoms with Gasteiger partial charge in [-0.2, -0.15) is 5.10 Å². The molecule has 5 heteroatoms. The molecule has 2 heterocycles. The summed E-state index contributed by atoms with van der Waals surface area (Å²) in [5.41, 5.74) is 1.00. The van der Waals surface area contributed by atoms with Gasteiger partial charge in [-0.15, -0.1) is 0 Å². The van der Waals surface area contributed by atoms with Gasteiger partial charge in [0.1, 0.15) is 0 Å². The van der Waals surface area contributed by atoms with Crippen LogP contribution in [0.3, 0.4) is 0 Å². The van der Waals surface area contributed by atoms with Crippen LogP contribution in [0.5, 0.6) is 0 Å². The Hall–Kier alpha value is -1.36. The summed E-state index contributed by atoms with van der Waals surface area (Å²) >= 11 is 0. The molecule has 0 aliphatic carbocycles. The van der Waals surface area contributed by atoms with Crippen LogP contribution in [-0.2, 0) is 11.3 Å². The fraction of sp³-hybridized carbons (Fsp3) is 0.636. The highest BCUT2D eigenvalue weighted by Crippen LogP contribution is 2.30. The lowest BCUT2D eigenvalue weighted by atomic mass is 10.1. The molecule has 0 bridgehead atoms. The minimum Gasteiger partial charge on any atom is -0.480 e. The first kappa shape index (κ1) is 11.1. The third-order valence-electron chi connectivity index (χ3n) is 3.03. The van der Waals surface area contributed by atoms with Crippen LogP contribution >= 0.6 is 0 Å². The van der Waals surface area contributed by atoms with Crippen LogP contribution in [0.1, 0.15) is 31.5 Å². The molecule has 1 aromatic heterocycles. The second-order valence-electron chi connectivity index (χ2n) is 4.12. The number of aryl methyl sites for hydroxylation is 1. The van der Waals surface area contributed by atoms with Crippen molar-refractivity contribution in [3.8, 4) is 0 Å². The second-order valence-corrected chi connectivity index (χ2v) is 4.12. The van der Waals surface area contributed by atoms with Crippen molar-refractivity contribution < 1.29 is 9.90 Å². The van der Waals surface area contributed by atoms with E-state index in [1.54, 1.807) is 0 Å². The quantitative estimate of drug-likeness (QED) is 0.831. The highest BCUT2D eigenvalue weighted by atomic mass is 16.4. The molecule has 0 saturated carbocycles. The van der Waals surface area contributed by atoms with Crippen LogP contribution in [0.15, 0.2) is 12.3 Å². The number of carboxylic acid groups (broad SMARTS) is 1. The maximum atomic E-state index is 10.7. The van der Waals surface area contributed by atoms with Gasteiger partial charge in [0.15, 0.2) is 0 Å². The Kier molecular flexibility index (Phi) is 3.24. The van der Waals surface area contributed by atoms with Gasteiger partial charge < -0.3 is 5.11 Å². The smallest absolute Gasteiger partial charge is 0.317 e. The number of likely N-dealkylation sites (tertiary alicyclic amines) is 1. The van der Waals surface area contributed by atoms with Crippen LogP contribution in [0.4, 0.5) is 0 Å². The first-order valence-corrected chi connectivity index (χ1v) is 5.70. The van der Waals surface area contributed by atoms with Gasteiger partial charge in [-0.3, -0.25) is 14.4 Å². The van der Waals surface area contributed by atoms with E-state index in [2.05, 4.69) is 5.10 Å². The average Bonchev–Trinajstić information content (AvgIpc) is 2.84. The summed E-state index contributed by atoms with van der Waals surface area (Å²) in [4.78, 5) is 12.7. The van der Waals surface area contributed by atoms with Crippen LogP contribution in [0, 0.1) is 0 Å². The van der Waals surface area contributed by atoms with Gasteiger partial charge in [0.05, 0.1) is 18.3 Å². The van der Waals surface area contributed by atoms with Crippen molar-refractivity contribution in [3.63, 3.8) is 0 Å². The zero-order valence-corrected chi connectivity index (χ0v) is 9.46. The molecule has 0 aromatic carbocycles. The van der Waals surface area contributed by atoms with E-state index in [0.29, 0.717) is 0 Å². The van der Waals surface area contributed by atoms with Gasteiger partial charge in [0.25, 0.3) is 0 Å². The van der Waals surface area contributed by atoms with Gasteiger partial charge in [0.2, 0.25) is 0 Å². The molecule has 0 radical (unpaired) electrons. The molecule has 0 amide bonds. The number of aliphatic carboxylic acids is 1. The Morgan fingerprint density at radius 3 is 3.12 bits per heavy atom. The van der Waals surface area contributed by atoms with Crippen LogP contribution < -0.4 is 0 Å². The van der Waals surface area contributed by atoms with E-state index in [1.807, 2.05) is 28.8 Å². The second kappa shape index (κ2) is 4.65. The molecule has 16 heavy (non-hydrogen) atoms. The van der Waals surface area contributed by atoms with E-state index in [4.69, 9.17) is 5.11 Å². The molecule has 1 atom stereocenters. The zero-order valence-electron chi connectivity index (χ0n) is 9.46. The first-order chi connectivity index (χ1) is 7.70. The van der Waals surface area contributed by atoms with Gasteiger partial charge >= 0.3 is 5.97 Å². The van der Waals surface area contributed by atoms with Crippen molar-refractivity contribution in [2.75, 3.05) is 13.1 Å². The standard InChI is InChI=1S/C11H17N3O2/c1-2-14-7-5-9(12-14)10-4-3-6-13(10)8-11(15)16/h5,7,10H,2-4,6,8H2,1H3,(H,15,16)/t10-/m1/s1. The first-order valence-electron chi connectivity index (χ1n) is 5.70. The number of aromatic nitrogens is 2. The fourth-order valence-corrected chi connectivity index (χ4v) is 2.26. The molecule has 1 N–H and O–H groups in total. The normalized spacial score (nSPS) is 21.4. The van der Waals surface area contributed by atoms with Crippen molar-refractivity contribution >= 4 is 5.97 Å². The van der Waals surface area contributed by atoms with E-state index in [-0.39, 0.29) is 12.6 Å². The van der Waals surface area contributed by atoms with E-state index >= 15 is 0 Å². The molecular weight excluding hydrogens is 206 g/mol. The van der Waals surface area contributed by atoms with Gasteiger partial charge in [-0.25, -0.2) is 0 Å². The largest absolute Gasteiger partial charge is 0.480 e. The molecule has 0 unspecified atom stereocenters. The number of hydrogen-bond acceptors (Lipinski definition) is 3. The molecule has 1 aromatic rings. The monoisotopic (exact) mass is 223 g/mol. The van der Waals surface area contributed by atoms with E-state index < -0.39 is 5.97 Å². The summed E-state index contributed by atoms with van der Waals surface area (Å²) < 4.78 is 1.88. The topological polar surface area (TPSA) is 58.4 Å². The highest BCUT2D eigenvalue weighted by molar-refractivity contribution is 5.69. The molecule has 2 rings (SSSR count). The van der Waals surface area contributed by atoms with Crippen molar-refractivity contribution in [2.24, 2.45) is 0 Å². The third-order valence-corrected chi connectivity index (χ3v) is 3.03. The summed E-state index contributed by atoms with van der Waals surface area (Å²) in [6.07, 6.45) is 4.01. The minimum absolute atomic E-state index is 0.115. The third kappa shape index (κ3) is 2.24. The Bertz CT molecular complexity index is 375. The number of rotatable bonds is 4. The van der Waals surface area contributed by atoms with E-state index in [0.717, 1.165) is 31.6 Å². The maximum absolute atomic E-state index is 10.7. The maximum Gasteiger partial charge on any atom is 0.317 e. The summed E-state index contributed by atoms with van der Waals surface area (Å²) in [7, 11) is 0. The lowest BCUT2D eigenvalue weighted by Gasteiger charge is -2.20. The summed E-state index contributed by atoms with van der Waals surface area (Å²) in [5.74, 6) is -0.762. The Balaban J connectivity index is 2.09. The highest BCUT2D eigenvalue weighted by Gasteiger charge is 2.28. The Morgan fingerprint density at radius 2 is 2.50 bits per heavy atom. The predicted molar refractivity (Wildman–Crippen MR) is 59.1 cm³/mol. The van der Waals surface area contributed by atoms with Crippen molar-refractivity contribution in [2.45, 2.75) is 32.4 Å². The van der Waals surface area contributed by atoms with Gasteiger partial charge in [0, 0.05) is 12.7 Å². The van der Waals surface area contributed by atoms with Crippen molar-refractivity contribution in [1.82, 2.24) is 14.7 Å². The molecular formula is C11H17N3O2. The van der Waals surface area contributed by atoms with Gasteiger partial charge in [-0.05, 0) is 32.4 Å². The van der Waals surface area contributed by atoms with Gasteiger partial charge in [-0.1, -0.05) is 0 Å². The molecule has 88 valence electrons. The van der Waals surface area contributed by atoms with Crippen molar-refractivity contribution in [3.05, 3.63) is 18.0 Å². The van der Waals surface area contributed by atoms with Crippen LogP contribution in [0.2, 0.25) is 0 Å². The molecule has 5 nitrogen and oxygen atoms in total. The molecule has 1 saturated heterocycles. The lowest BCUT2D eigenvalue weighted by Crippen LogP contribution is -2.29. The number of carbonyl (C=O) groups is 1. The van der Waals surface area contributed by atoms with Crippen LogP contribution in [0.25, 0.3) is 0 Å². The summed E-state index contributed by atoms with van der Waals surface area (Å²) in [6.45, 7) is 3.87. The zero-order chi connectivity index (χ0) is 11.5. The SMILES string of the molecule is CCn1ccc([C@H]2CCCN2CC(=O)O)n1. The van der Waals surface area contributed by atoms with Crippen molar-refractivity contribution in [1.29, 1.82) is 0 Å². The number of hydrogen-bond donors (Lipinski definition) is 1. The predicted octanol–water partition coefficient (Wildman–Crippen LogP) is 1.12. The molecule has 1 fully saturated rings. The minimum atomic E-state index is -0.762. The number of nitrogens with zero attached hydrogens (tertiary/aromatic N) is 3. The Morgan fingerprint density at radius 1 is 1.69 bits per heavy atom. The fourth-order valence-electron chi connectivity index (χ4n) is 2.26. The van der Waals surface area contributed by atoms with E-state index in [9.17, 15) is 4.79 Å².